The Hall–Kier alpha value is -1.66. The van der Waals surface area contributed by atoms with E-state index < -0.39 is 6.10 Å². The summed E-state index contributed by atoms with van der Waals surface area (Å²) in [6.45, 7) is 2.64. The summed E-state index contributed by atoms with van der Waals surface area (Å²) in [4.78, 5) is 18.8. The second-order valence-electron chi connectivity index (χ2n) is 6.00. The average molecular weight is 304 g/mol. The monoisotopic (exact) mass is 304 g/mol. The fraction of sp³-hybridized carbons (Fsp3) is 0.625. The number of aromatic nitrogens is 1. The fourth-order valence-electron chi connectivity index (χ4n) is 3.08. The Labute approximate surface area is 131 Å². The van der Waals surface area contributed by atoms with Gasteiger partial charge in [-0.1, -0.05) is 0 Å². The maximum absolute atomic E-state index is 12.1. The van der Waals surface area contributed by atoms with E-state index in [1.807, 2.05) is 18.3 Å². The molecule has 0 bridgehead atoms. The van der Waals surface area contributed by atoms with Gasteiger partial charge in [0.2, 0.25) is 0 Å². The van der Waals surface area contributed by atoms with E-state index in [1.54, 1.807) is 0 Å². The van der Waals surface area contributed by atoms with Gasteiger partial charge >= 0.3 is 0 Å². The van der Waals surface area contributed by atoms with E-state index in [1.165, 1.54) is 19.3 Å². The number of piperidine rings is 1. The minimum atomic E-state index is -0.405. The first-order chi connectivity index (χ1) is 10.8. The summed E-state index contributed by atoms with van der Waals surface area (Å²) in [5.74, 6) is 0.444. The van der Waals surface area contributed by atoms with Crippen molar-refractivity contribution in [2.45, 2.75) is 44.3 Å². The zero-order valence-corrected chi connectivity index (χ0v) is 12.8. The Morgan fingerprint density at radius 2 is 2.14 bits per heavy atom. The Balaban J connectivity index is 1.55. The number of amides is 1. The number of ether oxygens (including phenoxy) is 1. The summed E-state index contributed by atoms with van der Waals surface area (Å²) in [6, 6.07) is 3.88. The van der Waals surface area contributed by atoms with Gasteiger partial charge in [-0.15, -0.1) is 0 Å². The molecule has 2 aliphatic rings. The number of carbonyl (C=O) groups is 1. The average Bonchev–Trinajstić information content (AvgIpc) is 3.06. The Morgan fingerprint density at radius 1 is 1.32 bits per heavy atom. The molecule has 2 atom stereocenters. The molecule has 1 amide bonds. The third-order valence-corrected chi connectivity index (χ3v) is 4.38. The van der Waals surface area contributed by atoms with Gasteiger partial charge in [-0.05, 0) is 44.2 Å². The van der Waals surface area contributed by atoms with Gasteiger partial charge in [0.1, 0.15) is 11.9 Å². The number of rotatable bonds is 4. The molecule has 1 aromatic rings. The van der Waals surface area contributed by atoms with Crippen LogP contribution in [0.4, 0.5) is 11.5 Å². The van der Waals surface area contributed by atoms with Crippen LogP contribution in [0.25, 0.3) is 0 Å². The topological polar surface area (TPSA) is 80.5 Å². The summed E-state index contributed by atoms with van der Waals surface area (Å²) in [7, 11) is 0. The van der Waals surface area contributed by atoms with E-state index in [4.69, 9.17) is 10.5 Å². The van der Waals surface area contributed by atoms with Crippen LogP contribution in [0.5, 0.6) is 0 Å². The molecule has 3 N–H and O–H groups in total. The van der Waals surface area contributed by atoms with E-state index in [9.17, 15) is 4.79 Å². The first kappa shape index (κ1) is 15.2. The number of carbonyl (C=O) groups excluding carboxylic acids is 1. The summed E-state index contributed by atoms with van der Waals surface area (Å²) >= 11 is 0. The molecular formula is C16H24N4O2. The van der Waals surface area contributed by atoms with Crippen LogP contribution in [0.2, 0.25) is 0 Å². The molecule has 0 aromatic carbocycles. The van der Waals surface area contributed by atoms with Crippen molar-refractivity contribution in [2.24, 2.45) is 5.73 Å². The van der Waals surface area contributed by atoms with E-state index >= 15 is 0 Å². The van der Waals surface area contributed by atoms with Crippen LogP contribution in [-0.4, -0.2) is 42.7 Å². The number of nitrogens with one attached hydrogen (secondary N) is 1. The van der Waals surface area contributed by atoms with E-state index in [2.05, 4.69) is 15.2 Å². The highest BCUT2D eigenvalue weighted by atomic mass is 16.5. The second-order valence-corrected chi connectivity index (χ2v) is 6.00. The maximum atomic E-state index is 12.1. The first-order valence-corrected chi connectivity index (χ1v) is 8.13. The van der Waals surface area contributed by atoms with Crippen molar-refractivity contribution < 1.29 is 9.53 Å². The van der Waals surface area contributed by atoms with Crippen LogP contribution in [0, 0.1) is 0 Å². The lowest BCUT2D eigenvalue weighted by Gasteiger charge is -2.28. The van der Waals surface area contributed by atoms with Crippen LogP contribution in [0.3, 0.4) is 0 Å². The lowest BCUT2D eigenvalue weighted by Crippen LogP contribution is -2.30. The summed E-state index contributed by atoms with van der Waals surface area (Å²) < 4.78 is 5.59. The molecule has 0 spiro atoms. The van der Waals surface area contributed by atoms with E-state index in [0.717, 1.165) is 31.6 Å². The molecule has 6 nitrogen and oxygen atoms in total. The number of nitrogens with zero attached hydrogens (tertiary/aromatic N) is 2. The molecule has 22 heavy (non-hydrogen) atoms. The van der Waals surface area contributed by atoms with E-state index in [-0.39, 0.29) is 12.0 Å². The molecular weight excluding hydrogens is 280 g/mol. The Kier molecular flexibility index (Phi) is 4.90. The van der Waals surface area contributed by atoms with Crippen molar-refractivity contribution in [2.75, 3.05) is 29.9 Å². The molecule has 120 valence electrons. The molecule has 3 heterocycles. The van der Waals surface area contributed by atoms with Gasteiger partial charge in [0.05, 0.1) is 18.0 Å². The van der Waals surface area contributed by atoms with Crippen LogP contribution < -0.4 is 16.0 Å². The molecule has 0 saturated carbocycles. The molecule has 1 aromatic heterocycles. The van der Waals surface area contributed by atoms with Gasteiger partial charge in [-0.25, -0.2) is 4.98 Å². The molecule has 0 aliphatic carbocycles. The number of anilines is 2. The summed E-state index contributed by atoms with van der Waals surface area (Å²) in [5, 5.41) is 2.82. The van der Waals surface area contributed by atoms with Crippen molar-refractivity contribution in [3.63, 3.8) is 0 Å². The SMILES string of the molecule is NC[C@H]1CC[C@@H](C(=O)Nc2ccc(N3CCCCC3)cn2)O1. The van der Waals surface area contributed by atoms with Crippen LogP contribution in [0.15, 0.2) is 18.3 Å². The number of nitrogens with two attached hydrogens (primary N) is 1. The predicted molar refractivity (Wildman–Crippen MR) is 85.9 cm³/mol. The molecule has 6 heteroatoms. The highest BCUT2D eigenvalue weighted by Gasteiger charge is 2.30. The van der Waals surface area contributed by atoms with Crippen molar-refractivity contribution in [3.05, 3.63) is 18.3 Å². The molecule has 0 radical (unpaired) electrons. The van der Waals surface area contributed by atoms with Crippen molar-refractivity contribution in [3.8, 4) is 0 Å². The zero-order valence-electron chi connectivity index (χ0n) is 12.8. The van der Waals surface area contributed by atoms with Gasteiger partial charge in [0, 0.05) is 19.6 Å². The molecule has 3 rings (SSSR count). The smallest absolute Gasteiger partial charge is 0.254 e. The minimum absolute atomic E-state index is 0.00480. The Morgan fingerprint density at radius 3 is 2.77 bits per heavy atom. The van der Waals surface area contributed by atoms with Crippen molar-refractivity contribution in [1.29, 1.82) is 0 Å². The first-order valence-electron chi connectivity index (χ1n) is 8.13. The van der Waals surface area contributed by atoms with Gasteiger partial charge in [0.25, 0.3) is 5.91 Å². The van der Waals surface area contributed by atoms with Crippen LogP contribution >= 0.6 is 0 Å². The number of hydrogen-bond donors (Lipinski definition) is 2. The lowest BCUT2D eigenvalue weighted by atomic mass is 10.1. The van der Waals surface area contributed by atoms with Crippen molar-refractivity contribution in [1.82, 2.24) is 4.98 Å². The highest BCUT2D eigenvalue weighted by Crippen LogP contribution is 2.22. The van der Waals surface area contributed by atoms with Crippen LogP contribution in [-0.2, 0) is 9.53 Å². The molecule has 2 saturated heterocycles. The highest BCUT2D eigenvalue weighted by molar-refractivity contribution is 5.93. The fourth-order valence-corrected chi connectivity index (χ4v) is 3.08. The summed E-state index contributed by atoms with van der Waals surface area (Å²) in [6.07, 6.45) is 6.78. The quantitative estimate of drug-likeness (QED) is 0.881. The maximum Gasteiger partial charge on any atom is 0.254 e. The lowest BCUT2D eigenvalue weighted by molar-refractivity contribution is -0.126. The third kappa shape index (κ3) is 3.56. The van der Waals surface area contributed by atoms with Crippen molar-refractivity contribution >= 4 is 17.4 Å². The molecule has 2 fully saturated rings. The van der Waals surface area contributed by atoms with Gasteiger partial charge < -0.3 is 20.7 Å². The largest absolute Gasteiger partial charge is 0.370 e. The summed E-state index contributed by atoms with van der Waals surface area (Å²) in [5.41, 5.74) is 6.69. The number of pyridine rings is 1. The van der Waals surface area contributed by atoms with E-state index in [0.29, 0.717) is 12.4 Å². The molecule has 0 unspecified atom stereocenters. The standard InChI is InChI=1S/C16H24N4O2/c17-10-13-5-6-14(22-13)16(21)19-15-7-4-12(11-18-15)20-8-2-1-3-9-20/h4,7,11,13-14H,1-3,5-6,8-10,17H2,(H,18,19,21)/t13-,14+/m1/s1. The number of hydrogen-bond acceptors (Lipinski definition) is 5. The van der Waals surface area contributed by atoms with Gasteiger partial charge in [-0.3, -0.25) is 4.79 Å². The van der Waals surface area contributed by atoms with Gasteiger partial charge in [0.15, 0.2) is 0 Å². The molecule has 2 aliphatic heterocycles. The normalized spacial score (nSPS) is 25.2. The second kappa shape index (κ2) is 7.07. The van der Waals surface area contributed by atoms with Gasteiger partial charge in [-0.2, -0.15) is 0 Å². The van der Waals surface area contributed by atoms with Crippen LogP contribution in [0.1, 0.15) is 32.1 Å². The zero-order chi connectivity index (χ0) is 15.4. The Bertz CT molecular complexity index is 499. The predicted octanol–water partition coefficient (Wildman–Crippen LogP) is 1.52. The minimum Gasteiger partial charge on any atom is -0.370 e. The third-order valence-electron chi connectivity index (χ3n) is 4.38.